The van der Waals surface area contributed by atoms with E-state index in [0.29, 0.717) is 28.8 Å². The van der Waals surface area contributed by atoms with Gasteiger partial charge in [-0.2, -0.15) is 0 Å². The molecule has 7 heteroatoms. The number of amidine groups is 1. The molecule has 1 saturated heterocycles. The van der Waals surface area contributed by atoms with Crippen LogP contribution in [0.5, 0.6) is 5.75 Å². The molecule has 2 heterocycles. The molecule has 3 rings (SSSR count). The van der Waals surface area contributed by atoms with Gasteiger partial charge in [-0.25, -0.2) is 4.79 Å². The average molecular weight is 348 g/mol. The van der Waals surface area contributed by atoms with Crippen LogP contribution in [-0.4, -0.2) is 31.5 Å². The van der Waals surface area contributed by atoms with Crippen molar-refractivity contribution in [3.05, 3.63) is 40.2 Å². The van der Waals surface area contributed by atoms with E-state index in [0.717, 1.165) is 30.4 Å². The van der Waals surface area contributed by atoms with Gasteiger partial charge < -0.3 is 19.6 Å². The van der Waals surface area contributed by atoms with Gasteiger partial charge in [-0.1, -0.05) is 11.8 Å². The molecule has 1 aromatic heterocycles. The predicted molar refractivity (Wildman–Crippen MR) is 95.8 cm³/mol. The Labute approximate surface area is 144 Å². The number of aliphatic imine (C=N–C) groups is 1. The lowest BCUT2D eigenvalue weighted by Gasteiger charge is -2.08. The largest absolute Gasteiger partial charge is 0.497 e. The SMILES string of the molecule is COc1ccc2c(CSC(N)=NC[C@H]3CCCO3)cc(=O)oc2c1. The molecule has 24 heavy (non-hydrogen) atoms. The van der Waals surface area contributed by atoms with E-state index >= 15 is 0 Å². The maximum Gasteiger partial charge on any atom is 0.336 e. The quantitative estimate of drug-likeness (QED) is 0.507. The summed E-state index contributed by atoms with van der Waals surface area (Å²) in [7, 11) is 1.57. The van der Waals surface area contributed by atoms with Crippen molar-refractivity contribution in [3.63, 3.8) is 0 Å². The molecule has 2 aromatic rings. The van der Waals surface area contributed by atoms with Crippen molar-refractivity contribution in [3.8, 4) is 5.75 Å². The number of ether oxygens (including phenoxy) is 2. The van der Waals surface area contributed by atoms with Crippen LogP contribution in [0.3, 0.4) is 0 Å². The van der Waals surface area contributed by atoms with Crippen molar-refractivity contribution in [1.82, 2.24) is 0 Å². The van der Waals surface area contributed by atoms with Gasteiger partial charge in [0.15, 0.2) is 5.17 Å². The minimum atomic E-state index is -0.388. The van der Waals surface area contributed by atoms with Crippen LogP contribution in [0, 0.1) is 0 Å². The van der Waals surface area contributed by atoms with Crippen LogP contribution in [0.25, 0.3) is 11.0 Å². The van der Waals surface area contributed by atoms with Gasteiger partial charge in [-0.15, -0.1) is 0 Å². The van der Waals surface area contributed by atoms with Crippen LogP contribution >= 0.6 is 11.8 Å². The minimum absolute atomic E-state index is 0.182. The molecular weight excluding hydrogens is 328 g/mol. The molecule has 0 unspecified atom stereocenters. The van der Waals surface area contributed by atoms with Crippen LogP contribution in [0.2, 0.25) is 0 Å². The summed E-state index contributed by atoms with van der Waals surface area (Å²) >= 11 is 1.41. The molecule has 128 valence electrons. The third-order valence-electron chi connectivity index (χ3n) is 3.89. The summed E-state index contributed by atoms with van der Waals surface area (Å²) in [5.74, 6) is 1.20. The molecule has 0 radical (unpaired) electrons. The maximum atomic E-state index is 11.8. The molecule has 2 N–H and O–H groups in total. The molecule has 0 amide bonds. The average Bonchev–Trinajstić information content (AvgIpc) is 3.10. The summed E-state index contributed by atoms with van der Waals surface area (Å²) in [4.78, 5) is 16.1. The molecule has 1 aliphatic rings. The molecule has 6 nitrogen and oxygen atoms in total. The number of methoxy groups -OCH3 is 1. The van der Waals surface area contributed by atoms with Crippen molar-refractivity contribution in [2.45, 2.75) is 24.7 Å². The molecule has 1 atom stereocenters. The third kappa shape index (κ3) is 4.10. The first-order valence-electron chi connectivity index (χ1n) is 7.81. The highest BCUT2D eigenvalue weighted by atomic mass is 32.2. The summed E-state index contributed by atoms with van der Waals surface area (Å²) in [6.07, 6.45) is 2.30. The lowest BCUT2D eigenvalue weighted by atomic mass is 10.1. The Bertz CT molecular complexity index is 797. The fourth-order valence-corrected chi connectivity index (χ4v) is 3.34. The van der Waals surface area contributed by atoms with Crippen LogP contribution in [0.1, 0.15) is 18.4 Å². The number of thioether (sulfide) groups is 1. The van der Waals surface area contributed by atoms with E-state index in [1.165, 1.54) is 17.8 Å². The molecule has 1 aliphatic heterocycles. The van der Waals surface area contributed by atoms with Crippen LogP contribution < -0.4 is 16.1 Å². The lowest BCUT2D eigenvalue weighted by Crippen LogP contribution is -2.14. The van der Waals surface area contributed by atoms with Crippen LogP contribution in [0.4, 0.5) is 0 Å². The van der Waals surface area contributed by atoms with Crippen LogP contribution in [-0.2, 0) is 10.5 Å². The minimum Gasteiger partial charge on any atom is -0.497 e. The van der Waals surface area contributed by atoms with Gasteiger partial charge >= 0.3 is 5.63 Å². The summed E-state index contributed by atoms with van der Waals surface area (Å²) < 4.78 is 15.9. The van der Waals surface area contributed by atoms with E-state index in [-0.39, 0.29) is 11.7 Å². The zero-order valence-electron chi connectivity index (χ0n) is 13.5. The molecule has 0 aliphatic carbocycles. The fourth-order valence-electron chi connectivity index (χ4n) is 2.63. The summed E-state index contributed by atoms with van der Waals surface area (Å²) in [5.41, 5.74) is 6.95. The molecule has 0 saturated carbocycles. The van der Waals surface area contributed by atoms with Crippen LogP contribution in [0.15, 0.2) is 38.5 Å². The standard InChI is InChI=1S/C17H20N2O4S/c1-21-12-4-5-14-11(7-16(20)23-15(14)8-12)10-24-17(18)19-9-13-3-2-6-22-13/h4-5,7-8,13H,2-3,6,9-10H2,1H3,(H2,18,19)/t13-/m1/s1. The third-order valence-corrected chi connectivity index (χ3v) is 4.77. The van der Waals surface area contributed by atoms with Gasteiger partial charge in [-0.05, 0) is 30.5 Å². The molecule has 1 aromatic carbocycles. The van der Waals surface area contributed by atoms with Gasteiger partial charge in [0.25, 0.3) is 0 Å². The first-order chi connectivity index (χ1) is 11.7. The molecule has 1 fully saturated rings. The van der Waals surface area contributed by atoms with Gasteiger partial charge in [-0.3, -0.25) is 4.99 Å². The van der Waals surface area contributed by atoms with E-state index in [4.69, 9.17) is 19.6 Å². The number of hydrogen-bond donors (Lipinski definition) is 1. The zero-order chi connectivity index (χ0) is 16.9. The highest BCUT2D eigenvalue weighted by Crippen LogP contribution is 2.25. The van der Waals surface area contributed by atoms with Gasteiger partial charge in [0, 0.05) is 29.9 Å². The smallest absolute Gasteiger partial charge is 0.336 e. The fraction of sp³-hybridized carbons (Fsp3) is 0.412. The number of nitrogens with two attached hydrogens (primary N) is 1. The van der Waals surface area contributed by atoms with Crippen molar-refractivity contribution >= 4 is 27.9 Å². The Morgan fingerprint density at radius 1 is 1.46 bits per heavy atom. The lowest BCUT2D eigenvalue weighted by molar-refractivity contribution is 0.118. The summed E-state index contributed by atoms with van der Waals surface area (Å²) in [5, 5.41) is 1.37. The van der Waals surface area contributed by atoms with Gasteiger partial charge in [0.1, 0.15) is 11.3 Å². The Balaban J connectivity index is 1.72. The molecule has 0 bridgehead atoms. The topological polar surface area (TPSA) is 87.0 Å². The number of nitrogens with zero attached hydrogens (tertiary/aromatic N) is 1. The first-order valence-corrected chi connectivity index (χ1v) is 8.79. The molecular formula is C17H20N2O4S. The second-order valence-corrected chi connectivity index (χ2v) is 6.55. The van der Waals surface area contributed by atoms with E-state index < -0.39 is 0 Å². The van der Waals surface area contributed by atoms with E-state index in [1.54, 1.807) is 13.2 Å². The highest BCUT2D eigenvalue weighted by Gasteiger charge is 2.14. The predicted octanol–water partition coefficient (Wildman–Crippen LogP) is 2.53. The zero-order valence-corrected chi connectivity index (χ0v) is 14.3. The maximum absolute atomic E-state index is 11.8. The second-order valence-electron chi connectivity index (χ2n) is 5.56. The number of hydrogen-bond acceptors (Lipinski definition) is 6. The summed E-state index contributed by atoms with van der Waals surface area (Å²) in [6, 6.07) is 6.92. The van der Waals surface area contributed by atoms with E-state index in [9.17, 15) is 4.79 Å². The monoisotopic (exact) mass is 348 g/mol. The first kappa shape index (κ1) is 16.9. The summed E-state index contributed by atoms with van der Waals surface area (Å²) in [6.45, 7) is 1.40. The van der Waals surface area contributed by atoms with Crippen molar-refractivity contribution < 1.29 is 13.9 Å². The Hall–Kier alpha value is -1.99. The van der Waals surface area contributed by atoms with E-state index in [2.05, 4.69) is 4.99 Å². The number of benzene rings is 1. The molecule has 0 spiro atoms. The normalized spacial score (nSPS) is 18.2. The Kier molecular flexibility index (Phi) is 5.42. The van der Waals surface area contributed by atoms with Crippen molar-refractivity contribution in [1.29, 1.82) is 0 Å². The highest BCUT2D eigenvalue weighted by molar-refractivity contribution is 8.13. The van der Waals surface area contributed by atoms with E-state index in [1.807, 2.05) is 12.1 Å². The Morgan fingerprint density at radius 2 is 2.33 bits per heavy atom. The van der Waals surface area contributed by atoms with Gasteiger partial charge in [0.05, 0.1) is 19.8 Å². The Morgan fingerprint density at radius 3 is 3.08 bits per heavy atom. The van der Waals surface area contributed by atoms with Gasteiger partial charge in [0.2, 0.25) is 0 Å². The van der Waals surface area contributed by atoms with Crippen molar-refractivity contribution in [2.75, 3.05) is 20.3 Å². The second kappa shape index (κ2) is 7.72. The van der Waals surface area contributed by atoms with Crippen molar-refractivity contribution in [2.24, 2.45) is 10.7 Å². The number of fused-ring (bicyclic) bond motifs is 1. The number of rotatable bonds is 5.